The second-order valence-electron chi connectivity index (χ2n) is 13.1. The van der Waals surface area contributed by atoms with Crippen molar-refractivity contribution in [1.82, 2.24) is 14.8 Å². The van der Waals surface area contributed by atoms with Crippen LogP contribution in [0.25, 0.3) is 10.9 Å². The number of para-hydroxylation sites is 1. The third-order valence-corrected chi connectivity index (χ3v) is 9.85. The number of fused-ring (bicyclic) bond motifs is 1. The van der Waals surface area contributed by atoms with E-state index in [1.807, 2.05) is 15.9 Å². The van der Waals surface area contributed by atoms with Gasteiger partial charge in [-0.25, -0.2) is 0 Å². The van der Waals surface area contributed by atoms with Gasteiger partial charge in [0.2, 0.25) is 11.8 Å². The lowest BCUT2D eigenvalue weighted by atomic mass is 9.49. The summed E-state index contributed by atoms with van der Waals surface area (Å²) in [4.78, 5) is 35.5. The zero-order valence-corrected chi connectivity index (χ0v) is 23.8. The van der Waals surface area contributed by atoms with Gasteiger partial charge in [-0.15, -0.1) is 0 Å². The maximum Gasteiger partial charge on any atom is 0.242 e. The Hall–Kier alpha value is -3.08. The lowest BCUT2D eigenvalue weighted by Crippen LogP contribution is -2.57. The summed E-state index contributed by atoms with van der Waals surface area (Å²) >= 11 is 0. The number of aromatic nitrogens is 1. The van der Waals surface area contributed by atoms with Gasteiger partial charge in [0.1, 0.15) is 6.54 Å². The predicted octanol–water partition coefficient (Wildman–Crippen LogP) is 6.50. The van der Waals surface area contributed by atoms with Crippen molar-refractivity contribution in [3.8, 4) is 0 Å². The molecule has 4 aliphatic carbocycles. The number of hydrogen-bond donors (Lipinski definition) is 1. The molecule has 4 aliphatic rings. The van der Waals surface area contributed by atoms with E-state index in [1.54, 1.807) is 0 Å². The standard InChI is InChI=1S/C34H43N3O2/c1-23(2)37(33(39)34-17-26-14-27(18-34)16-28(15-26)19-34)22-32(38)36(21-25-10-8-24(3)9-11-25)13-12-29-20-35-31-7-5-4-6-30(29)31/h4-11,20,23,26-28,35H,12-19,21-22H2,1-3H3. The maximum atomic E-state index is 14.2. The first-order valence-electron chi connectivity index (χ1n) is 15.0. The highest BCUT2D eigenvalue weighted by molar-refractivity contribution is 5.89. The molecule has 0 atom stereocenters. The van der Waals surface area contributed by atoms with Crippen molar-refractivity contribution in [2.24, 2.45) is 23.2 Å². The molecule has 0 unspecified atom stereocenters. The highest BCUT2D eigenvalue weighted by atomic mass is 16.2. The zero-order chi connectivity index (χ0) is 27.1. The fourth-order valence-corrected chi connectivity index (χ4v) is 8.21. The predicted molar refractivity (Wildman–Crippen MR) is 156 cm³/mol. The minimum absolute atomic E-state index is 0.00398. The summed E-state index contributed by atoms with van der Waals surface area (Å²) in [6, 6.07) is 16.8. The maximum absolute atomic E-state index is 14.2. The molecule has 2 amide bonds. The Kier molecular flexibility index (Phi) is 7.03. The summed E-state index contributed by atoms with van der Waals surface area (Å²) in [6.07, 6.45) is 9.86. The molecule has 1 aromatic heterocycles. The molecule has 7 rings (SSSR count). The van der Waals surface area contributed by atoms with Gasteiger partial charge in [0.05, 0.1) is 5.41 Å². The second-order valence-corrected chi connectivity index (χ2v) is 13.1. The molecule has 4 bridgehead atoms. The van der Waals surface area contributed by atoms with Crippen LogP contribution in [0.3, 0.4) is 0 Å². The van der Waals surface area contributed by atoms with Crippen LogP contribution in [0.4, 0.5) is 0 Å². The lowest BCUT2D eigenvalue weighted by Gasteiger charge is -2.57. The summed E-state index contributed by atoms with van der Waals surface area (Å²) in [5.74, 6) is 2.41. The number of aryl methyl sites for hydroxylation is 1. The molecule has 0 spiro atoms. The van der Waals surface area contributed by atoms with E-state index in [0.29, 0.717) is 30.8 Å². The van der Waals surface area contributed by atoms with Gasteiger partial charge in [-0.2, -0.15) is 0 Å². The smallest absolute Gasteiger partial charge is 0.242 e. The highest BCUT2D eigenvalue weighted by Gasteiger charge is 2.56. The first-order valence-corrected chi connectivity index (χ1v) is 15.0. The average molecular weight is 526 g/mol. The normalized spacial score (nSPS) is 25.4. The Labute approximate surface area is 233 Å². The number of amides is 2. The lowest BCUT2D eigenvalue weighted by molar-refractivity contribution is -0.162. The van der Waals surface area contributed by atoms with Crippen LogP contribution in [-0.2, 0) is 22.6 Å². The summed E-state index contributed by atoms with van der Waals surface area (Å²) in [7, 11) is 0. The molecule has 4 saturated carbocycles. The Morgan fingerprint density at radius 2 is 1.59 bits per heavy atom. The Bertz CT molecular complexity index is 1300. The molecule has 2 aromatic carbocycles. The molecular formula is C34H43N3O2. The fraction of sp³-hybridized carbons (Fsp3) is 0.529. The van der Waals surface area contributed by atoms with E-state index in [4.69, 9.17) is 0 Å². The van der Waals surface area contributed by atoms with Crippen molar-refractivity contribution in [2.75, 3.05) is 13.1 Å². The van der Waals surface area contributed by atoms with Crippen molar-refractivity contribution in [1.29, 1.82) is 0 Å². The second kappa shape index (κ2) is 10.5. The molecule has 0 aliphatic heterocycles. The number of hydrogen-bond acceptors (Lipinski definition) is 2. The number of nitrogens with one attached hydrogen (secondary N) is 1. The minimum Gasteiger partial charge on any atom is -0.361 e. The first-order chi connectivity index (χ1) is 18.8. The van der Waals surface area contributed by atoms with Gasteiger partial charge in [0.25, 0.3) is 0 Å². The quantitative estimate of drug-likeness (QED) is 0.347. The minimum atomic E-state index is -0.231. The summed E-state index contributed by atoms with van der Waals surface area (Å²) in [5.41, 5.74) is 4.44. The SMILES string of the molecule is Cc1ccc(CN(CCc2c[nH]c3ccccc23)C(=O)CN(C(=O)C23CC4CC(CC(C4)C2)C3)C(C)C)cc1. The van der Waals surface area contributed by atoms with Gasteiger partial charge in [-0.3, -0.25) is 9.59 Å². The first kappa shape index (κ1) is 26.2. The van der Waals surface area contributed by atoms with Gasteiger partial charge < -0.3 is 14.8 Å². The molecule has 3 aromatic rings. The van der Waals surface area contributed by atoms with E-state index in [2.05, 4.69) is 74.4 Å². The van der Waals surface area contributed by atoms with E-state index in [9.17, 15) is 9.59 Å². The van der Waals surface area contributed by atoms with E-state index >= 15 is 0 Å². The van der Waals surface area contributed by atoms with Gasteiger partial charge in [0, 0.05) is 36.2 Å². The van der Waals surface area contributed by atoms with Crippen LogP contribution in [-0.4, -0.2) is 45.7 Å². The number of carbonyl (C=O) groups excluding carboxylic acids is 2. The highest BCUT2D eigenvalue weighted by Crippen LogP contribution is 2.60. The molecule has 5 nitrogen and oxygen atoms in total. The average Bonchev–Trinajstić information content (AvgIpc) is 3.32. The molecule has 5 heteroatoms. The topological polar surface area (TPSA) is 56.4 Å². The van der Waals surface area contributed by atoms with E-state index in [0.717, 1.165) is 36.8 Å². The Balaban J connectivity index is 1.21. The van der Waals surface area contributed by atoms with E-state index < -0.39 is 0 Å². The Morgan fingerprint density at radius 1 is 0.949 bits per heavy atom. The molecule has 206 valence electrons. The number of rotatable bonds is 9. The molecule has 1 heterocycles. The monoisotopic (exact) mass is 525 g/mol. The number of aromatic amines is 1. The number of H-pyrrole nitrogens is 1. The van der Waals surface area contributed by atoms with Crippen LogP contribution >= 0.6 is 0 Å². The molecule has 1 N–H and O–H groups in total. The molecule has 0 radical (unpaired) electrons. The van der Waals surface area contributed by atoms with Crippen molar-refractivity contribution in [3.63, 3.8) is 0 Å². The van der Waals surface area contributed by atoms with Crippen molar-refractivity contribution >= 4 is 22.7 Å². The summed E-state index contributed by atoms with van der Waals surface area (Å²) in [5, 5.41) is 1.21. The zero-order valence-electron chi connectivity index (χ0n) is 23.8. The van der Waals surface area contributed by atoms with Crippen LogP contribution in [0.15, 0.2) is 54.7 Å². The van der Waals surface area contributed by atoms with E-state index in [-0.39, 0.29) is 29.8 Å². The van der Waals surface area contributed by atoms with Crippen LogP contribution in [0, 0.1) is 30.1 Å². The van der Waals surface area contributed by atoms with Crippen LogP contribution in [0.1, 0.15) is 69.1 Å². The van der Waals surface area contributed by atoms with Crippen molar-refractivity contribution in [3.05, 3.63) is 71.4 Å². The van der Waals surface area contributed by atoms with Gasteiger partial charge in [-0.1, -0.05) is 48.0 Å². The Morgan fingerprint density at radius 3 is 2.23 bits per heavy atom. The molecular weight excluding hydrogens is 482 g/mol. The van der Waals surface area contributed by atoms with Gasteiger partial charge in [0.15, 0.2) is 0 Å². The number of nitrogens with zero attached hydrogens (tertiary/aromatic N) is 2. The number of carbonyl (C=O) groups is 2. The molecule has 0 saturated heterocycles. The van der Waals surface area contributed by atoms with Crippen LogP contribution < -0.4 is 0 Å². The van der Waals surface area contributed by atoms with Crippen LogP contribution in [0.5, 0.6) is 0 Å². The fourth-order valence-electron chi connectivity index (χ4n) is 8.21. The summed E-state index contributed by atoms with van der Waals surface area (Å²) in [6.45, 7) is 7.56. The van der Waals surface area contributed by atoms with Gasteiger partial charge >= 0.3 is 0 Å². The summed E-state index contributed by atoms with van der Waals surface area (Å²) < 4.78 is 0. The molecule has 39 heavy (non-hydrogen) atoms. The molecule has 4 fully saturated rings. The third kappa shape index (κ3) is 5.25. The van der Waals surface area contributed by atoms with Crippen molar-refractivity contribution < 1.29 is 9.59 Å². The van der Waals surface area contributed by atoms with Gasteiger partial charge in [-0.05, 0) is 101 Å². The third-order valence-electron chi connectivity index (χ3n) is 9.85. The largest absolute Gasteiger partial charge is 0.361 e. The van der Waals surface area contributed by atoms with Crippen LogP contribution in [0.2, 0.25) is 0 Å². The number of benzene rings is 2. The van der Waals surface area contributed by atoms with Crippen molar-refractivity contribution in [2.45, 2.75) is 78.3 Å². The van der Waals surface area contributed by atoms with E-state index in [1.165, 1.54) is 35.8 Å².